The van der Waals surface area contributed by atoms with Gasteiger partial charge in [-0.2, -0.15) is 10.2 Å². The number of hydrogen-bond acceptors (Lipinski definition) is 6. The van der Waals surface area contributed by atoms with Crippen LogP contribution in [0.4, 0.5) is 13.2 Å². The molecule has 0 N–H and O–H groups in total. The van der Waals surface area contributed by atoms with E-state index in [9.17, 15) is 13.2 Å². The summed E-state index contributed by atoms with van der Waals surface area (Å²) in [5.41, 5.74) is 3.99. The van der Waals surface area contributed by atoms with E-state index in [1.54, 1.807) is 19.5 Å². The first kappa shape index (κ1) is 22.9. The van der Waals surface area contributed by atoms with Gasteiger partial charge in [-0.05, 0) is 65.9 Å². The molecule has 9 heteroatoms. The van der Waals surface area contributed by atoms with Gasteiger partial charge in [0.2, 0.25) is 0 Å². The van der Waals surface area contributed by atoms with Crippen LogP contribution >= 0.6 is 0 Å². The van der Waals surface area contributed by atoms with Crippen molar-refractivity contribution in [2.24, 2.45) is 5.16 Å². The van der Waals surface area contributed by atoms with E-state index in [-0.39, 0.29) is 12.6 Å². The number of fused-ring (bicyclic) bond motifs is 1. The number of halogens is 3. The molecule has 0 aliphatic carbocycles. The zero-order chi connectivity index (χ0) is 24.4. The van der Waals surface area contributed by atoms with Gasteiger partial charge in [-0.1, -0.05) is 11.2 Å². The molecule has 1 unspecified atom stereocenters. The number of benzene rings is 2. The first-order valence-corrected chi connectivity index (χ1v) is 11.3. The Morgan fingerprint density at radius 2 is 1.91 bits per heavy atom. The summed E-state index contributed by atoms with van der Waals surface area (Å²) in [5, 5.41) is 12.1. The van der Waals surface area contributed by atoms with E-state index in [0.717, 1.165) is 47.2 Å². The number of nitrogens with zero attached hydrogens (tertiary/aromatic N) is 4. The number of methoxy groups -OCH3 is 1. The molecule has 6 nitrogen and oxygen atoms in total. The van der Waals surface area contributed by atoms with Crippen molar-refractivity contribution >= 4 is 11.9 Å². The molecule has 2 aromatic carbocycles. The Morgan fingerprint density at radius 1 is 1.09 bits per heavy atom. The summed E-state index contributed by atoms with van der Waals surface area (Å²) in [4.78, 5) is 7.48. The van der Waals surface area contributed by atoms with E-state index >= 15 is 0 Å². The summed E-state index contributed by atoms with van der Waals surface area (Å²) in [6.07, 6.45) is 7.36. The number of piperidine rings is 1. The molecule has 1 atom stereocenters. The van der Waals surface area contributed by atoms with E-state index in [1.807, 2.05) is 35.2 Å². The molecule has 0 bridgehead atoms. The summed E-state index contributed by atoms with van der Waals surface area (Å²) in [6.45, 7) is 0.920. The lowest BCUT2D eigenvalue weighted by Crippen LogP contribution is -2.39. The quantitative estimate of drug-likeness (QED) is 0.460. The van der Waals surface area contributed by atoms with Crippen LogP contribution in [0.3, 0.4) is 0 Å². The molecule has 0 radical (unpaired) electrons. The lowest BCUT2D eigenvalue weighted by atomic mass is 9.94. The molecule has 0 amide bonds. The molecular weight excluding hydrogens is 457 g/mol. The first-order chi connectivity index (χ1) is 17.0. The zero-order valence-electron chi connectivity index (χ0n) is 19.0. The zero-order valence-corrected chi connectivity index (χ0v) is 19.0. The van der Waals surface area contributed by atoms with Crippen LogP contribution in [0, 0.1) is 17.5 Å². The third kappa shape index (κ3) is 4.58. The fraction of sp³-hybridized carbons (Fsp3) is 0.269. The molecule has 2 aliphatic heterocycles. The molecule has 180 valence electrons. The Morgan fingerprint density at radius 3 is 2.66 bits per heavy atom. The normalized spacial score (nSPS) is 19.0. The molecule has 0 spiro atoms. The Bertz CT molecular complexity index is 1270. The standard InChI is InChI=1S/C26H23F3N4O2/c1-34-24-12-16(4-5-20(24)18-6-8-30-31-15-18)11-17-3-2-9-33-23(7-10-35-32-26(17)33)19-13-21(27)25(29)22(28)14-19/h4-6,8,11-15,23H,2-3,7,9-10H2,1H3. The molecule has 1 fully saturated rings. The lowest BCUT2D eigenvalue weighted by molar-refractivity contribution is 0.140. The molecule has 1 aromatic heterocycles. The predicted octanol–water partition coefficient (Wildman–Crippen LogP) is 5.52. The highest BCUT2D eigenvalue weighted by atomic mass is 19.2. The fourth-order valence-electron chi connectivity index (χ4n) is 4.62. The molecular formula is C26H23F3N4O2. The smallest absolute Gasteiger partial charge is 0.194 e. The average Bonchev–Trinajstić information content (AvgIpc) is 3.11. The van der Waals surface area contributed by atoms with E-state index in [2.05, 4.69) is 15.4 Å². The Kier molecular flexibility index (Phi) is 6.39. The van der Waals surface area contributed by atoms with Gasteiger partial charge < -0.3 is 14.5 Å². The van der Waals surface area contributed by atoms with Gasteiger partial charge in [0.25, 0.3) is 0 Å². The van der Waals surface area contributed by atoms with Gasteiger partial charge >= 0.3 is 0 Å². The number of amidine groups is 1. The van der Waals surface area contributed by atoms with Gasteiger partial charge in [0.1, 0.15) is 12.4 Å². The van der Waals surface area contributed by atoms with Crippen molar-refractivity contribution in [2.45, 2.75) is 25.3 Å². The van der Waals surface area contributed by atoms with E-state index in [0.29, 0.717) is 30.1 Å². The van der Waals surface area contributed by atoms with Gasteiger partial charge in [-0.3, -0.25) is 0 Å². The Hall–Kier alpha value is -3.88. The molecule has 2 aliphatic rings. The van der Waals surface area contributed by atoms with Crippen molar-refractivity contribution in [1.82, 2.24) is 15.1 Å². The summed E-state index contributed by atoms with van der Waals surface area (Å²) >= 11 is 0. The van der Waals surface area contributed by atoms with Crippen LogP contribution in [-0.2, 0) is 4.84 Å². The van der Waals surface area contributed by atoms with Gasteiger partial charge in [0, 0.05) is 24.1 Å². The van der Waals surface area contributed by atoms with Crippen molar-refractivity contribution in [3.05, 3.63) is 82.9 Å². The number of hydrogen-bond donors (Lipinski definition) is 0. The van der Waals surface area contributed by atoms with Crippen LogP contribution in [-0.4, -0.2) is 41.2 Å². The van der Waals surface area contributed by atoms with Crippen LogP contribution in [0.5, 0.6) is 5.75 Å². The topological polar surface area (TPSA) is 59.8 Å². The van der Waals surface area contributed by atoms with Crippen molar-refractivity contribution in [1.29, 1.82) is 0 Å². The van der Waals surface area contributed by atoms with Gasteiger partial charge in [0.15, 0.2) is 23.3 Å². The summed E-state index contributed by atoms with van der Waals surface area (Å²) in [7, 11) is 1.61. The van der Waals surface area contributed by atoms with Crippen LogP contribution in [0.25, 0.3) is 17.2 Å². The largest absolute Gasteiger partial charge is 0.496 e. The Balaban J connectivity index is 1.49. The number of rotatable bonds is 4. The number of aromatic nitrogens is 2. The molecule has 5 rings (SSSR count). The van der Waals surface area contributed by atoms with Crippen LogP contribution in [0.2, 0.25) is 0 Å². The van der Waals surface area contributed by atoms with E-state index in [4.69, 9.17) is 9.57 Å². The minimum atomic E-state index is -1.47. The molecule has 1 saturated heterocycles. The van der Waals surface area contributed by atoms with Gasteiger partial charge in [-0.15, -0.1) is 0 Å². The third-order valence-corrected chi connectivity index (χ3v) is 6.27. The summed E-state index contributed by atoms with van der Waals surface area (Å²) in [6, 6.07) is 9.46. The number of ether oxygens (including phenoxy) is 1. The maximum Gasteiger partial charge on any atom is 0.194 e. The van der Waals surface area contributed by atoms with Crippen molar-refractivity contribution < 1.29 is 22.7 Å². The highest BCUT2D eigenvalue weighted by Crippen LogP contribution is 2.36. The predicted molar refractivity (Wildman–Crippen MR) is 125 cm³/mol. The van der Waals surface area contributed by atoms with Crippen molar-refractivity contribution in [2.75, 3.05) is 20.3 Å². The van der Waals surface area contributed by atoms with Gasteiger partial charge in [-0.25, -0.2) is 13.2 Å². The second-order valence-electron chi connectivity index (χ2n) is 8.41. The lowest BCUT2D eigenvalue weighted by Gasteiger charge is -2.36. The highest BCUT2D eigenvalue weighted by molar-refractivity contribution is 6.02. The minimum absolute atomic E-state index is 0.279. The van der Waals surface area contributed by atoms with Crippen molar-refractivity contribution in [3.63, 3.8) is 0 Å². The first-order valence-electron chi connectivity index (χ1n) is 11.3. The third-order valence-electron chi connectivity index (χ3n) is 6.27. The molecule has 35 heavy (non-hydrogen) atoms. The van der Waals surface area contributed by atoms with Gasteiger partial charge in [0.05, 0.1) is 25.5 Å². The molecule has 0 saturated carbocycles. The van der Waals surface area contributed by atoms with Crippen LogP contribution < -0.4 is 4.74 Å². The van der Waals surface area contributed by atoms with E-state index in [1.165, 1.54) is 0 Å². The summed E-state index contributed by atoms with van der Waals surface area (Å²) < 4.78 is 47.1. The average molecular weight is 480 g/mol. The minimum Gasteiger partial charge on any atom is -0.496 e. The van der Waals surface area contributed by atoms with Crippen LogP contribution in [0.1, 0.15) is 36.4 Å². The maximum atomic E-state index is 14.0. The van der Waals surface area contributed by atoms with E-state index < -0.39 is 17.5 Å². The Labute approximate surface area is 200 Å². The van der Waals surface area contributed by atoms with Crippen LogP contribution in [0.15, 0.2) is 59.5 Å². The SMILES string of the molecule is COc1cc(C=C2CCCN3C2=NOCCC3c2cc(F)c(F)c(F)c2)ccc1-c1ccnnc1. The molecule has 3 heterocycles. The monoisotopic (exact) mass is 480 g/mol. The maximum absolute atomic E-state index is 14.0. The second-order valence-corrected chi connectivity index (χ2v) is 8.41. The highest BCUT2D eigenvalue weighted by Gasteiger charge is 2.32. The van der Waals surface area contributed by atoms with Crippen molar-refractivity contribution in [3.8, 4) is 16.9 Å². The molecule has 3 aromatic rings. The summed E-state index contributed by atoms with van der Waals surface area (Å²) in [5.74, 6) is -2.56. The second kappa shape index (κ2) is 9.77. The fourth-order valence-corrected chi connectivity index (χ4v) is 4.62. The number of oxime groups is 1.